The summed E-state index contributed by atoms with van der Waals surface area (Å²) in [4.78, 5) is 37.6. The largest absolute Gasteiger partial charge is 0.508 e. The number of hydrogen-bond donors (Lipinski definition) is 2. The number of halogens is 1. The maximum Gasteiger partial charge on any atom is 0.293 e. The highest BCUT2D eigenvalue weighted by atomic mass is 32.2. The third kappa shape index (κ3) is 4.73. The van der Waals surface area contributed by atoms with E-state index >= 15 is 0 Å². The third-order valence-corrected chi connectivity index (χ3v) is 4.64. The summed E-state index contributed by atoms with van der Waals surface area (Å²) in [5.41, 5.74) is 0.975. The van der Waals surface area contributed by atoms with E-state index in [1.165, 1.54) is 48.5 Å². The van der Waals surface area contributed by atoms with Crippen LogP contribution in [0.4, 0.5) is 14.9 Å². The zero-order chi connectivity index (χ0) is 19.4. The second kappa shape index (κ2) is 8.05. The number of carbonyl (C=O) groups excluding carboxylic acids is 3. The van der Waals surface area contributed by atoms with Crippen LogP contribution in [0.25, 0.3) is 6.08 Å². The Morgan fingerprint density at radius 1 is 1.19 bits per heavy atom. The SMILES string of the molecule is O=C(CCN1C(=O)S/C(=C\c2cccc(F)c2)C1=O)Nc1ccc(O)cc1. The Morgan fingerprint density at radius 3 is 2.63 bits per heavy atom. The Bertz CT molecular complexity index is 928. The van der Waals surface area contributed by atoms with E-state index in [2.05, 4.69) is 5.32 Å². The van der Waals surface area contributed by atoms with Crippen LogP contribution in [0.1, 0.15) is 12.0 Å². The first-order chi connectivity index (χ1) is 12.9. The quantitative estimate of drug-likeness (QED) is 0.606. The van der Waals surface area contributed by atoms with E-state index in [0.717, 1.165) is 16.7 Å². The molecule has 1 heterocycles. The average molecular weight is 386 g/mol. The molecule has 6 nitrogen and oxygen atoms in total. The van der Waals surface area contributed by atoms with E-state index in [1.54, 1.807) is 6.07 Å². The molecule has 2 N–H and O–H groups in total. The summed E-state index contributed by atoms with van der Waals surface area (Å²) in [6, 6.07) is 11.6. The van der Waals surface area contributed by atoms with Gasteiger partial charge in [-0.2, -0.15) is 0 Å². The zero-order valence-corrected chi connectivity index (χ0v) is 14.8. The van der Waals surface area contributed by atoms with Crippen LogP contribution >= 0.6 is 11.8 Å². The topological polar surface area (TPSA) is 86.7 Å². The predicted octanol–water partition coefficient (Wildman–Crippen LogP) is 3.60. The number of hydrogen-bond acceptors (Lipinski definition) is 5. The van der Waals surface area contributed by atoms with Crippen LogP contribution in [0.15, 0.2) is 53.4 Å². The molecule has 1 saturated heterocycles. The number of amides is 3. The molecule has 2 aromatic rings. The number of anilines is 1. The van der Waals surface area contributed by atoms with Crippen LogP contribution in [-0.2, 0) is 9.59 Å². The first-order valence-electron chi connectivity index (χ1n) is 8.02. The number of thioether (sulfide) groups is 1. The van der Waals surface area contributed by atoms with E-state index in [4.69, 9.17) is 0 Å². The fourth-order valence-corrected chi connectivity index (χ4v) is 3.29. The van der Waals surface area contributed by atoms with Crippen LogP contribution in [-0.4, -0.2) is 33.6 Å². The molecule has 0 aromatic heterocycles. The van der Waals surface area contributed by atoms with Crippen LogP contribution in [0.5, 0.6) is 5.75 Å². The van der Waals surface area contributed by atoms with Gasteiger partial charge >= 0.3 is 0 Å². The lowest BCUT2D eigenvalue weighted by atomic mass is 10.2. The molecular weight excluding hydrogens is 371 g/mol. The van der Waals surface area contributed by atoms with Gasteiger partial charge in [0, 0.05) is 18.7 Å². The van der Waals surface area contributed by atoms with Crippen molar-refractivity contribution >= 4 is 40.6 Å². The molecule has 3 rings (SSSR count). The standard InChI is InChI=1S/C19H15FN2O4S/c20-13-3-1-2-12(10-13)11-16-18(25)22(19(26)27-16)9-8-17(24)21-14-4-6-15(23)7-5-14/h1-7,10-11,23H,8-9H2,(H,21,24)/b16-11-. The minimum absolute atomic E-state index is 0.0604. The number of phenols is 1. The highest BCUT2D eigenvalue weighted by Crippen LogP contribution is 2.32. The van der Waals surface area contributed by atoms with Gasteiger partial charge in [0.1, 0.15) is 11.6 Å². The monoisotopic (exact) mass is 386 g/mol. The van der Waals surface area contributed by atoms with E-state index in [0.29, 0.717) is 11.3 Å². The van der Waals surface area contributed by atoms with Gasteiger partial charge in [0.2, 0.25) is 5.91 Å². The van der Waals surface area contributed by atoms with Crippen LogP contribution in [0, 0.1) is 5.82 Å². The molecule has 3 amide bonds. The Balaban J connectivity index is 1.60. The average Bonchev–Trinajstić information content (AvgIpc) is 2.88. The summed E-state index contributed by atoms with van der Waals surface area (Å²) in [5, 5.41) is 11.4. The summed E-state index contributed by atoms with van der Waals surface area (Å²) in [6.07, 6.45) is 1.39. The number of carbonyl (C=O) groups is 3. The van der Waals surface area contributed by atoms with Gasteiger partial charge < -0.3 is 10.4 Å². The lowest BCUT2D eigenvalue weighted by Gasteiger charge is -2.12. The van der Waals surface area contributed by atoms with E-state index in [9.17, 15) is 23.9 Å². The molecule has 8 heteroatoms. The fraction of sp³-hybridized carbons (Fsp3) is 0.105. The number of phenolic OH excluding ortho intramolecular Hbond substituents is 1. The molecule has 2 aromatic carbocycles. The first-order valence-corrected chi connectivity index (χ1v) is 8.84. The summed E-state index contributed by atoms with van der Waals surface area (Å²) in [6.45, 7) is -0.0604. The molecule has 27 heavy (non-hydrogen) atoms. The number of aromatic hydroxyl groups is 1. The molecule has 138 valence electrons. The molecule has 1 fully saturated rings. The van der Waals surface area contributed by atoms with Gasteiger partial charge in [0.25, 0.3) is 11.1 Å². The van der Waals surface area contributed by atoms with Gasteiger partial charge in [0.05, 0.1) is 4.91 Å². The lowest BCUT2D eigenvalue weighted by molar-refractivity contribution is -0.123. The molecular formula is C19H15FN2O4S. The van der Waals surface area contributed by atoms with Crippen molar-refractivity contribution in [3.63, 3.8) is 0 Å². The summed E-state index contributed by atoms with van der Waals surface area (Å²) < 4.78 is 13.2. The number of benzene rings is 2. The van der Waals surface area contributed by atoms with Gasteiger partial charge in [0.15, 0.2) is 0 Å². The van der Waals surface area contributed by atoms with Crippen LogP contribution < -0.4 is 5.32 Å². The van der Waals surface area contributed by atoms with Crippen molar-refractivity contribution in [2.45, 2.75) is 6.42 Å². The molecule has 0 spiro atoms. The van der Waals surface area contributed by atoms with Gasteiger partial charge in [-0.15, -0.1) is 0 Å². The van der Waals surface area contributed by atoms with Crippen molar-refractivity contribution in [1.82, 2.24) is 4.90 Å². The maximum absolute atomic E-state index is 13.2. The summed E-state index contributed by atoms with van der Waals surface area (Å²) >= 11 is 0.756. The Kier molecular flexibility index (Phi) is 5.56. The molecule has 0 atom stereocenters. The van der Waals surface area contributed by atoms with Gasteiger partial charge in [-0.05, 0) is 59.8 Å². The van der Waals surface area contributed by atoms with Crippen molar-refractivity contribution in [3.8, 4) is 5.75 Å². The van der Waals surface area contributed by atoms with E-state index in [-0.39, 0.29) is 29.5 Å². The molecule has 0 saturated carbocycles. The van der Waals surface area contributed by atoms with Crippen molar-refractivity contribution in [2.24, 2.45) is 0 Å². The van der Waals surface area contributed by atoms with Crippen molar-refractivity contribution in [2.75, 3.05) is 11.9 Å². The van der Waals surface area contributed by atoms with Gasteiger partial charge in [-0.3, -0.25) is 19.3 Å². The molecule has 1 aliphatic rings. The molecule has 0 bridgehead atoms. The van der Waals surface area contributed by atoms with Gasteiger partial charge in [-0.1, -0.05) is 12.1 Å². The maximum atomic E-state index is 13.2. The summed E-state index contributed by atoms with van der Waals surface area (Å²) in [7, 11) is 0. The Labute approximate surface area is 158 Å². The number of rotatable bonds is 5. The van der Waals surface area contributed by atoms with E-state index in [1.807, 2.05) is 0 Å². The number of imide groups is 1. The van der Waals surface area contributed by atoms with Crippen molar-refractivity contribution in [1.29, 1.82) is 0 Å². The zero-order valence-electron chi connectivity index (χ0n) is 14.0. The first kappa shape index (κ1) is 18.7. The lowest BCUT2D eigenvalue weighted by Crippen LogP contribution is -2.31. The van der Waals surface area contributed by atoms with Crippen LogP contribution in [0.2, 0.25) is 0 Å². The Hall–Kier alpha value is -3.13. The highest BCUT2D eigenvalue weighted by molar-refractivity contribution is 8.18. The highest BCUT2D eigenvalue weighted by Gasteiger charge is 2.35. The number of nitrogens with one attached hydrogen (secondary N) is 1. The molecule has 0 unspecified atom stereocenters. The minimum atomic E-state index is -0.508. The summed E-state index contributed by atoms with van der Waals surface area (Å²) in [5.74, 6) is -1.23. The normalized spacial score (nSPS) is 15.4. The third-order valence-electron chi connectivity index (χ3n) is 3.73. The van der Waals surface area contributed by atoms with Crippen molar-refractivity contribution in [3.05, 3.63) is 64.8 Å². The van der Waals surface area contributed by atoms with E-state index < -0.39 is 17.0 Å². The Morgan fingerprint density at radius 2 is 1.93 bits per heavy atom. The minimum Gasteiger partial charge on any atom is -0.508 e. The smallest absolute Gasteiger partial charge is 0.293 e. The predicted molar refractivity (Wildman–Crippen MR) is 100 cm³/mol. The second-order valence-electron chi connectivity index (χ2n) is 5.73. The molecule has 1 aliphatic heterocycles. The second-order valence-corrected chi connectivity index (χ2v) is 6.73. The molecule has 0 aliphatic carbocycles. The molecule has 0 radical (unpaired) electrons. The fourth-order valence-electron chi connectivity index (χ4n) is 2.42. The number of nitrogens with zero attached hydrogens (tertiary/aromatic N) is 1. The van der Waals surface area contributed by atoms with Crippen molar-refractivity contribution < 1.29 is 23.9 Å². The van der Waals surface area contributed by atoms with Crippen LogP contribution in [0.3, 0.4) is 0 Å². The van der Waals surface area contributed by atoms with Gasteiger partial charge in [-0.25, -0.2) is 4.39 Å².